The second-order valence-electron chi connectivity index (χ2n) is 6.16. The first-order valence-corrected chi connectivity index (χ1v) is 10.5. The van der Waals surface area contributed by atoms with Crippen molar-refractivity contribution in [3.05, 3.63) is 29.8 Å². The number of nitrogens with zero attached hydrogens (tertiary/aromatic N) is 2. The number of amides is 1. The van der Waals surface area contributed by atoms with Crippen molar-refractivity contribution in [2.24, 2.45) is 0 Å². The molecular weight excluding hydrogens is 360 g/mol. The number of aromatic nitrogens is 2. The molecule has 1 aromatic carbocycles. The first-order valence-electron chi connectivity index (χ1n) is 7.86. The van der Waals surface area contributed by atoms with Crippen LogP contribution in [0.4, 0.5) is 11.5 Å². The highest BCUT2D eigenvalue weighted by molar-refractivity contribution is 7.99. The van der Waals surface area contributed by atoms with Crippen LogP contribution in [0.1, 0.15) is 24.9 Å². The molecule has 1 atom stereocenters. The van der Waals surface area contributed by atoms with Gasteiger partial charge in [-0.05, 0) is 25.5 Å². The molecule has 1 amide bonds. The largest absolute Gasteiger partial charge is 0.382 e. The van der Waals surface area contributed by atoms with Crippen molar-refractivity contribution in [3.63, 3.8) is 0 Å². The third-order valence-electron chi connectivity index (χ3n) is 4.01. The Bertz CT molecular complexity index is 904. The number of rotatable bonds is 4. The molecule has 1 aliphatic heterocycles. The number of benzene rings is 1. The molecule has 1 aromatic heterocycles. The number of carbonyl (C=O) groups excluding carboxylic acids is 1. The molecule has 1 fully saturated rings. The van der Waals surface area contributed by atoms with Crippen molar-refractivity contribution in [2.75, 3.05) is 22.6 Å². The average molecular weight is 380 g/mol. The third kappa shape index (κ3) is 3.98. The Morgan fingerprint density at radius 3 is 2.60 bits per heavy atom. The molecule has 1 saturated heterocycles. The number of hydrogen-bond donors (Lipinski definition) is 2. The minimum Gasteiger partial charge on any atom is -0.382 e. The van der Waals surface area contributed by atoms with E-state index in [-0.39, 0.29) is 29.3 Å². The van der Waals surface area contributed by atoms with E-state index in [9.17, 15) is 13.2 Å². The van der Waals surface area contributed by atoms with E-state index in [1.807, 2.05) is 31.2 Å². The fraction of sp³-hybridized carbons (Fsp3) is 0.375. The molecule has 2 heterocycles. The maximum Gasteiger partial charge on any atom is 0.221 e. The van der Waals surface area contributed by atoms with Gasteiger partial charge in [-0.3, -0.25) is 4.79 Å². The van der Waals surface area contributed by atoms with Crippen molar-refractivity contribution in [2.45, 2.75) is 36.2 Å². The number of nitrogen functional groups attached to an aromatic ring is 1. The summed E-state index contributed by atoms with van der Waals surface area (Å²) in [5, 5.41) is 7.78. The van der Waals surface area contributed by atoms with Crippen LogP contribution in [-0.2, 0) is 14.6 Å². The van der Waals surface area contributed by atoms with Crippen LogP contribution in [0.3, 0.4) is 0 Å². The second kappa shape index (κ2) is 6.72. The first kappa shape index (κ1) is 17.8. The summed E-state index contributed by atoms with van der Waals surface area (Å²) in [7, 11) is -3.06. The molecule has 7 nitrogen and oxygen atoms in total. The summed E-state index contributed by atoms with van der Waals surface area (Å²) >= 11 is 1.38. The van der Waals surface area contributed by atoms with Gasteiger partial charge < -0.3 is 11.1 Å². The molecule has 0 spiro atoms. The Kier molecular flexibility index (Phi) is 4.79. The standard InChI is InChI=1S/C16H20N4O3S2/c1-10-3-5-13(6-4-10)24-16-14(18-11(2)21)15(17)20(19-16)12-7-8-25(22,23)9-12/h3-6,12H,7-9,17H2,1-2H3,(H,18,21). The SMILES string of the molecule is CC(=O)Nc1c(Sc2ccc(C)cc2)nn(C2CCS(=O)(=O)C2)c1N. The van der Waals surface area contributed by atoms with Gasteiger partial charge in [-0.15, -0.1) is 0 Å². The Hall–Kier alpha value is -2.00. The zero-order chi connectivity index (χ0) is 18.2. The van der Waals surface area contributed by atoms with E-state index in [0.717, 1.165) is 10.5 Å². The van der Waals surface area contributed by atoms with E-state index in [1.54, 1.807) is 0 Å². The molecule has 0 bridgehead atoms. The molecular formula is C16H20N4O3S2. The van der Waals surface area contributed by atoms with Gasteiger partial charge >= 0.3 is 0 Å². The van der Waals surface area contributed by atoms with Crippen molar-refractivity contribution in [1.29, 1.82) is 0 Å². The summed E-state index contributed by atoms with van der Waals surface area (Å²) in [5.41, 5.74) is 7.75. The molecule has 0 radical (unpaired) electrons. The minimum absolute atomic E-state index is 0.0209. The molecule has 1 unspecified atom stereocenters. The van der Waals surface area contributed by atoms with E-state index in [1.165, 1.54) is 23.4 Å². The maximum absolute atomic E-state index is 11.8. The number of anilines is 2. The van der Waals surface area contributed by atoms with Crippen LogP contribution in [0.2, 0.25) is 0 Å². The Morgan fingerprint density at radius 1 is 1.36 bits per heavy atom. The van der Waals surface area contributed by atoms with Crippen LogP contribution in [0.25, 0.3) is 0 Å². The zero-order valence-electron chi connectivity index (χ0n) is 14.0. The monoisotopic (exact) mass is 380 g/mol. The first-order chi connectivity index (χ1) is 11.7. The highest BCUT2D eigenvalue weighted by Crippen LogP contribution is 2.39. The second-order valence-corrected chi connectivity index (χ2v) is 9.45. The van der Waals surface area contributed by atoms with Crippen LogP contribution in [0, 0.1) is 6.92 Å². The minimum atomic E-state index is -3.06. The van der Waals surface area contributed by atoms with Gasteiger partial charge in [0.25, 0.3) is 0 Å². The molecule has 3 N–H and O–H groups in total. The summed E-state index contributed by atoms with van der Waals surface area (Å²) in [6, 6.07) is 7.61. The summed E-state index contributed by atoms with van der Waals surface area (Å²) in [5.74, 6) is 0.183. The highest BCUT2D eigenvalue weighted by Gasteiger charge is 2.32. The van der Waals surface area contributed by atoms with Crippen LogP contribution < -0.4 is 11.1 Å². The maximum atomic E-state index is 11.8. The molecule has 25 heavy (non-hydrogen) atoms. The van der Waals surface area contributed by atoms with Crippen LogP contribution in [0.15, 0.2) is 34.2 Å². The topological polar surface area (TPSA) is 107 Å². The molecule has 0 saturated carbocycles. The molecule has 1 aliphatic rings. The fourth-order valence-electron chi connectivity index (χ4n) is 2.76. The quantitative estimate of drug-likeness (QED) is 0.842. The average Bonchev–Trinajstić information content (AvgIpc) is 3.03. The van der Waals surface area contributed by atoms with Gasteiger partial charge in [0.05, 0.1) is 17.5 Å². The van der Waals surface area contributed by atoms with Gasteiger partial charge in [0.2, 0.25) is 5.91 Å². The van der Waals surface area contributed by atoms with Crippen molar-refractivity contribution >= 4 is 39.0 Å². The number of sulfone groups is 1. The van der Waals surface area contributed by atoms with E-state index >= 15 is 0 Å². The Balaban J connectivity index is 1.97. The lowest BCUT2D eigenvalue weighted by molar-refractivity contribution is -0.114. The number of hydrogen-bond acceptors (Lipinski definition) is 6. The summed E-state index contributed by atoms with van der Waals surface area (Å²) in [6.07, 6.45) is 0.475. The van der Waals surface area contributed by atoms with E-state index in [0.29, 0.717) is 17.1 Å². The van der Waals surface area contributed by atoms with Crippen molar-refractivity contribution < 1.29 is 13.2 Å². The lowest BCUT2D eigenvalue weighted by Crippen LogP contribution is -2.15. The molecule has 9 heteroatoms. The number of nitrogens with two attached hydrogens (primary N) is 1. The molecule has 3 rings (SSSR count). The molecule has 134 valence electrons. The molecule has 0 aliphatic carbocycles. The van der Waals surface area contributed by atoms with E-state index in [4.69, 9.17) is 5.73 Å². The van der Waals surface area contributed by atoms with Crippen LogP contribution >= 0.6 is 11.8 Å². The lowest BCUT2D eigenvalue weighted by Gasteiger charge is -2.10. The summed E-state index contributed by atoms with van der Waals surface area (Å²) in [4.78, 5) is 12.5. The van der Waals surface area contributed by atoms with Crippen LogP contribution in [0.5, 0.6) is 0 Å². The van der Waals surface area contributed by atoms with Crippen molar-refractivity contribution in [1.82, 2.24) is 9.78 Å². The smallest absolute Gasteiger partial charge is 0.221 e. The number of aryl methyl sites for hydroxylation is 1. The number of carbonyl (C=O) groups is 1. The van der Waals surface area contributed by atoms with Gasteiger partial charge in [-0.25, -0.2) is 13.1 Å². The number of nitrogens with one attached hydrogen (secondary N) is 1. The zero-order valence-corrected chi connectivity index (χ0v) is 15.7. The molecule has 2 aromatic rings. The van der Waals surface area contributed by atoms with E-state index in [2.05, 4.69) is 10.4 Å². The summed E-state index contributed by atoms with van der Waals surface area (Å²) in [6.45, 7) is 3.40. The predicted octanol–water partition coefficient (Wildman–Crippen LogP) is 2.24. The Labute approximate surface area is 150 Å². The van der Waals surface area contributed by atoms with Gasteiger partial charge in [0.15, 0.2) is 9.84 Å². The predicted molar refractivity (Wildman–Crippen MR) is 98.6 cm³/mol. The highest BCUT2D eigenvalue weighted by atomic mass is 32.2. The van der Waals surface area contributed by atoms with Gasteiger partial charge in [0, 0.05) is 11.8 Å². The van der Waals surface area contributed by atoms with Crippen molar-refractivity contribution in [3.8, 4) is 0 Å². The Morgan fingerprint density at radius 2 is 2.04 bits per heavy atom. The summed E-state index contributed by atoms with van der Waals surface area (Å²) < 4.78 is 25.1. The third-order valence-corrected chi connectivity index (χ3v) is 6.74. The van der Waals surface area contributed by atoms with Gasteiger partial charge in [-0.1, -0.05) is 29.5 Å². The van der Waals surface area contributed by atoms with Gasteiger partial charge in [-0.2, -0.15) is 5.10 Å². The van der Waals surface area contributed by atoms with E-state index < -0.39 is 9.84 Å². The fourth-order valence-corrected chi connectivity index (χ4v) is 5.33. The normalized spacial score (nSPS) is 19.0. The lowest BCUT2D eigenvalue weighted by atomic mass is 10.2. The van der Waals surface area contributed by atoms with Crippen LogP contribution in [-0.4, -0.2) is 35.6 Å². The van der Waals surface area contributed by atoms with Gasteiger partial charge in [0.1, 0.15) is 16.5 Å².